The average molecular weight is 260 g/mol. The van der Waals surface area contributed by atoms with Gasteiger partial charge in [0.1, 0.15) is 17.5 Å². The Bertz CT molecular complexity index is 668. The van der Waals surface area contributed by atoms with Crippen molar-refractivity contribution in [1.29, 1.82) is 0 Å². The predicted octanol–water partition coefficient (Wildman–Crippen LogP) is 4.12. The molecular formula is C16H11F3. The second-order valence-electron chi connectivity index (χ2n) is 4.30. The lowest BCUT2D eigenvalue weighted by Crippen LogP contribution is -1.91. The zero-order chi connectivity index (χ0) is 14.0. The third-order valence-corrected chi connectivity index (χ3v) is 2.75. The van der Waals surface area contributed by atoms with E-state index in [1.54, 1.807) is 19.1 Å². The molecule has 0 bridgehead atoms. The molecule has 0 nitrogen and oxygen atoms in total. The monoisotopic (exact) mass is 260 g/mol. The fourth-order valence-electron chi connectivity index (χ4n) is 1.58. The minimum Gasteiger partial charge on any atom is -0.207 e. The Balaban J connectivity index is 2.39. The van der Waals surface area contributed by atoms with Crippen LogP contribution in [0.15, 0.2) is 30.3 Å². The topological polar surface area (TPSA) is 0 Å². The van der Waals surface area contributed by atoms with Gasteiger partial charge in [0.15, 0.2) is 0 Å². The maximum atomic E-state index is 13.5. The highest BCUT2D eigenvalue weighted by Gasteiger charge is 2.05. The molecule has 0 unspecified atom stereocenters. The van der Waals surface area contributed by atoms with E-state index in [0.717, 1.165) is 17.7 Å². The van der Waals surface area contributed by atoms with Gasteiger partial charge in [-0.25, -0.2) is 13.2 Å². The van der Waals surface area contributed by atoms with Crippen molar-refractivity contribution in [2.24, 2.45) is 0 Å². The molecule has 0 aromatic heterocycles. The Morgan fingerprint density at radius 3 is 2.00 bits per heavy atom. The molecule has 2 rings (SSSR count). The van der Waals surface area contributed by atoms with Crippen LogP contribution in [0.4, 0.5) is 13.2 Å². The van der Waals surface area contributed by atoms with Gasteiger partial charge < -0.3 is 0 Å². The van der Waals surface area contributed by atoms with Crippen LogP contribution in [0.25, 0.3) is 0 Å². The van der Waals surface area contributed by atoms with Gasteiger partial charge in [0.05, 0.1) is 5.56 Å². The fourth-order valence-corrected chi connectivity index (χ4v) is 1.58. The highest BCUT2D eigenvalue weighted by atomic mass is 19.1. The molecule has 0 spiro atoms. The number of rotatable bonds is 0. The van der Waals surface area contributed by atoms with E-state index < -0.39 is 17.5 Å². The van der Waals surface area contributed by atoms with Crippen molar-refractivity contribution in [3.8, 4) is 11.8 Å². The maximum absolute atomic E-state index is 13.5. The van der Waals surface area contributed by atoms with Gasteiger partial charge in [-0.1, -0.05) is 17.9 Å². The standard InChI is InChI=1S/C16H11F3/c1-10-3-5-13(16(19)7-10)6-4-12-8-14(17)11(2)15(18)9-12/h3,5,7-9H,1-2H3. The van der Waals surface area contributed by atoms with E-state index in [2.05, 4.69) is 11.8 Å². The molecule has 2 aromatic carbocycles. The van der Waals surface area contributed by atoms with Crippen molar-refractivity contribution in [2.75, 3.05) is 0 Å². The summed E-state index contributed by atoms with van der Waals surface area (Å²) in [6, 6.07) is 6.90. The number of benzene rings is 2. The van der Waals surface area contributed by atoms with Gasteiger partial charge in [-0.05, 0) is 43.7 Å². The summed E-state index contributed by atoms with van der Waals surface area (Å²) in [6.45, 7) is 3.12. The number of hydrogen-bond donors (Lipinski definition) is 0. The molecule has 0 heterocycles. The molecule has 0 fully saturated rings. The third kappa shape index (κ3) is 2.97. The van der Waals surface area contributed by atoms with Crippen LogP contribution in [0.1, 0.15) is 22.3 Å². The summed E-state index contributed by atoms with van der Waals surface area (Å²) in [5.41, 5.74) is 1.12. The molecule has 0 saturated carbocycles. The van der Waals surface area contributed by atoms with Gasteiger partial charge in [-0.3, -0.25) is 0 Å². The first-order chi connectivity index (χ1) is 8.97. The Morgan fingerprint density at radius 2 is 1.42 bits per heavy atom. The number of halogens is 3. The Morgan fingerprint density at radius 1 is 0.789 bits per heavy atom. The first-order valence-electron chi connectivity index (χ1n) is 5.71. The number of hydrogen-bond acceptors (Lipinski definition) is 0. The SMILES string of the molecule is Cc1ccc(C#Cc2cc(F)c(C)c(F)c2)c(F)c1. The van der Waals surface area contributed by atoms with Crippen LogP contribution in [0.5, 0.6) is 0 Å². The molecule has 0 atom stereocenters. The van der Waals surface area contributed by atoms with E-state index in [9.17, 15) is 13.2 Å². The molecule has 0 radical (unpaired) electrons. The van der Waals surface area contributed by atoms with E-state index in [0.29, 0.717) is 0 Å². The molecule has 0 aliphatic carbocycles. The van der Waals surface area contributed by atoms with Gasteiger partial charge in [0.2, 0.25) is 0 Å². The summed E-state index contributed by atoms with van der Waals surface area (Å²) in [7, 11) is 0. The molecule has 2 aromatic rings. The predicted molar refractivity (Wildman–Crippen MR) is 68.2 cm³/mol. The van der Waals surface area contributed by atoms with Crippen LogP contribution in [0, 0.1) is 43.1 Å². The van der Waals surface area contributed by atoms with E-state index in [-0.39, 0.29) is 16.7 Å². The van der Waals surface area contributed by atoms with E-state index >= 15 is 0 Å². The molecule has 0 N–H and O–H groups in total. The van der Waals surface area contributed by atoms with Crippen molar-refractivity contribution in [3.63, 3.8) is 0 Å². The summed E-state index contributed by atoms with van der Waals surface area (Å²) < 4.78 is 40.2. The van der Waals surface area contributed by atoms with Crippen LogP contribution in [0.3, 0.4) is 0 Å². The van der Waals surface area contributed by atoms with Crippen LogP contribution in [0.2, 0.25) is 0 Å². The first-order valence-corrected chi connectivity index (χ1v) is 5.71. The Hall–Kier alpha value is -2.21. The molecule has 0 saturated heterocycles. The first kappa shape index (κ1) is 13.2. The van der Waals surface area contributed by atoms with Gasteiger partial charge >= 0.3 is 0 Å². The summed E-state index contributed by atoms with van der Waals surface area (Å²) in [6.07, 6.45) is 0. The summed E-state index contributed by atoms with van der Waals surface area (Å²) in [4.78, 5) is 0. The van der Waals surface area contributed by atoms with Crippen LogP contribution in [-0.2, 0) is 0 Å². The molecule has 0 amide bonds. The third-order valence-electron chi connectivity index (χ3n) is 2.75. The smallest absolute Gasteiger partial charge is 0.139 e. The van der Waals surface area contributed by atoms with Gasteiger partial charge in [-0.2, -0.15) is 0 Å². The largest absolute Gasteiger partial charge is 0.207 e. The van der Waals surface area contributed by atoms with Crippen molar-refractivity contribution < 1.29 is 13.2 Å². The van der Waals surface area contributed by atoms with Gasteiger partial charge in [-0.15, -0.1) is 0 Å². The van der Waals surface area contributed by atoms with E-state index in [4.69, 9.17) is 0 Å². The molecule has 19 heavy (non-hydrogen) atoms. The summed E-state index contributed by atoms with van der Waals surface area (Å²) in [5, 5.41) is 0. The molecule has 0 aliphatic rings. The highest BCUT2D eigenvalue weighted by molar-refractivity contribution is 5.45. The zero-order valence-corrected chi connectivity index (χ0v) is 10.5. The quantitative estimate of drug-likeness (QED) is 0.625. The minimum absolute atomic E-state index is 0.0490. The van der Waals surface area contributed by atoms with Crippen molar-refractivity contribution in [1.82, 2.24) is 0 Å². The minimum atomic E-state index is -0.659. The maximum Gasteiger partial charge on any atom is 0.139 e. The Kier molecular flexibility index (Phi) is 3.62. The summed E-state index contributed by atoms with van der Waals surface area (Å²) >= 11 is 0. The average Bonchev–Trinajstić information content (AvgIpc) is 2.34. The summed E-state index contributed by atoms with van der Waals surface area (Å²) in [5.74, 6) is 3.37. The second-order valence-corrected chi connectivity index (χ2v) is 4.30. The normalized spacial score (nSPS) is 9.95. The molecule has 3 heteroatoms. The van der Waals surface area contributed by atoms with Crippen molar-refractivity contribution >= 4 is 0 Å². The van der Waals surface area contributed by atoms with Crippen LogP contribution >= 0.6 is 0 Å². The molecule has 96 valence electrons. The zero-order valence-electron chi connectivity index (χ0n) is 10.5. The van der Waals surface area contributed by atoms with E-state index in [1.807, 2.05) is 0 Å². The lowest BCUT2D eigenvalue weighted by Gasteiger charge is -1.99. The lowest BCUT2D eigenvalue weighted by molar-refractivity contribution is 0.567. The highest BCUT2D eigenvalue weighted by Crippen LogP contribution is 2.14. The molecular weight excluding hydrogens is 249 g/mol. The van der Waals surface area contributed by atoms with Crippen LogP contribution in [-0.4, -0.2) is 0 Å². The van der Waals surface area contributed by atoms with Crippen molar-refractivity contribution in [2.45, 2.75) is 13.8 Å². The van der Waals surface area contributed by atoms with Crippen molar-refractivity contribution in [3.05, 3.63) is 70.0 Å². The van der Waals surface area contributed by atoms with Gasteiger partial charge in [0, 0.05) is 11.1 Å². The van der Waals surface area contributed by atoms with E-state index in [1.165, 1.54) is 13.0 Å². The van der Waals surface area contributed by atoms with Gasteiger partial charge in [0.25, 0.3) is 0 Å². The fraction of sp³-hybridized carbons (Fsp3) is 0.125. The molecule has 0 aliphatic heterocycles. The second kappa shape index (κ2) is 5.19. The lowest BCUT2D eigenvalue weighted by atomic mass is 10.1. The Labute approximate surface area is 109 Å². The van der Waals surface area contributed by atoms with Crippen LogP contribution < -0.4 is 0 Å². The number of aryl methyl sites for hydroxylation is 1.